The highest BCUT2D eigenvalue weighted by Crippen LogP contribution is 2.31. The van der Waals surface area contributed by atoms with Crippen molar-refractivity contribution in [3.8, 4) is 11.5 Å². The van der Waals surface area contributed by atoms with E-state index in [9.17, 15) is 9.59 Å². The molecular formula is C26H35N3O6. The molecule has 1 heterocycles. The molecule has 3 rings (SSSR count). The van der Waals surface area contributed by atoms with Crippen molar-refractivity contribution in [2.24, 2.45) is 0 Å². The van der Waals surface area contributed by atoms with Gasteiger partial charge in [0.2, 0.25) is 5.91 Å². The topological polar surface area (TPSA) is 109 Å². The Bertz CT molecular complexity index is 945. The van der Waals surface area contributed by atoms with Crippen molar-refractivity contribution in [2.75, 3.05) is 50.8 Å². The number of anilines is 2. The van der Waals surface area contributed by atoms with E-state index in [1.54, 1.807) is 42.5 Å². The van der Waals surface area contributed by atoms with Crippen LogP contribution in [0.15, 0.2) is 42.5 Å². The van der Waals surface area contributed by atoms with Gasteiger partial charge in [-0.2, -0.15) is 0 Å². The maximum Gasteiger partial charge on any atom is 0.305 e. The normalized spacial score (nSPS) is 13.3. The fraction of sp³-hybridized carbons (Fsp3) is 0.462. The van der Waals surface area contributed by atoms with Crippen LogP contribution in [0.3, 0.4) is 0 Å². The molecular weight excluding hydrogens is 450 g/mol. The first-order chi connectivity index (χ1) is 17.1. The molecule has 1 aliphatic rings. The lowest BCUT2D eigenvalue weighted by molar-refractivity contribution is -0.140. The molecule has 2 aromatic rings. The molecule has 0 saturated carbocycles. The van der Waals surface area contributed by atoms with Crippen molar-refractivity contribution in [3.05, 3.63) is 48.0 Å². The largest absolute Gasteiger partial charge is 0.490 e. The molecule has 0 spiro atoms. The monoisotopic (exact) mass is 485 g/mol. The number of hydrogen-bond donors (Lipinski definition) is 3. The second-order valence-corrected chi connectivity index (χ2v) is 8.47. The van der Waals surface area contributed by atoms with Crippen LogP contribution in [-0.4, -0.2) is 61.9 Å². The van der Waals surface area contributed by atoms with E-state index in [0.29, 0.717) is 42.5 Å². The van der Waals surface area contributed by atoms with Crippen molar-refractivity contribution in [2.45, 2.75) is 38.5 Å². The molecule has 1 aliphatic heterocycles. The molecule has 0 radical (unpaired) electrons. The van der Waals surface area contributed by atoms with Crippen LogP contribution >= 0.6 is 0 Å². The molecule has 35 heavy (non-hydrogen) atoms. The summed E-state index contributed by atoms with van der Waals surface area (Å²) in [6.45, 7) is 4.22. The Morgan fingerprint density at radius 2 is 1.63 bits per heavy atom. The van der Waals surface area contributed by atoms with Crippen molar-refractivity contribution in [1.29, 1.82) is 0 Å². The molecule has 9 nitrogen and oxygen atoms in total. The van der Waals surface area contributed by atoms with Crippen LogP contribution in [0.5, 0.6) is 11.5 Å². The van der Waals surface area contributed by atoms with Gasteiger partial charge in [0, 0.05) is 24.7 Å². The van der Waals surface area contributed by atoms with Gasteiger partial charge >= 0.3 is 5.97 Å². The summed E-state index contributed by atoms with van der Waals surface area (Å²) in [7, 11) is 1.36. The molecule has 3 N–H and O–H groups in total. The Balaban J connectivity index is 1.57. The molecule has 0 bridgehead atoms. The zero-order valence-corrected chi connectivity index (χ0v) is 20.3. The first-order valence-corrected chi connectivity index (χ1v) is 12.0. The van der Waals surface area contributed by atoms with Crippen LogP contribution in [0.2, 0.25) is 0 Å². The Kier molecular flexibility index (Phi) is 10.7. The summed E-state index contributed by atoms with van der Waals surface area (Å²) in [5, 5.41) is 11.8. The second-order valence-electron chi connectivity index (χ2n) is 8.47. The van der Waals surface area contributed by atoms with E-state index >= 15 is 0 Å². The van der Waals surface area contributed by atoms with Crippen molar-refractivity contribution < 1.29 is 29.0 Å². The average Bonchev–Trinajstić information content (AvgIpc) is 3.39. The van der Waals surface area contributed by atoms with Crippen molar-refractivity contribution >= 4 is 23.3 Å². The fourth-order valence-electron chi connectivity index (χ4n) is 3.88. The van der Waals surface area contributed by atoms with Crippen LogP contribution in [0.1, 0.15) is 37.7 Å². The van der Waals surface area contributed by atoms with Gasteiger partial charge in [0.1, 0.15) is 0 Å². The van der Waals surface area contributed by atoms with E-state index in [1.807, 2.05) is 0 Å². The van der Waals surface area contributed by atoms with Crippen LogP contribution < -0.4 is 20.3 Å². The number of esters is 1. The number of amides is 1. The molecule has 190 valence electrons. The van der Waals surface area contributed by atoms with Gasteiger partial charge in [-0.1, -0.05) is 12.1 Å². The number of ether oxygens (including phenoxy) is 3. The predicted molar refractivity (Wildman–Crippen MR) is 133 cm³/mol. The summed E-state index contributed by atoms with van der Waals surface area (Å²) in [5.74, 6) is 0.670. The second kappa shape index (κ2) is 14.2. The van der Waals surface area contributed by atoms with Gasteiger partial charge in [0.15, 0.2) is 11.5 Å². The summed E-state index contributed by atoms with van der Waals surface area (Å²) in [6.07, 6.45) is 4.42. The molecule has 0 aliphatic carbocycles. The number of methoxy groups -OCH3 is 1. The van der Waals surface area contributed by atoms with Gasteiger partial charge < -0.3 is 24.4 Å². The Labute approximate surface area is 206 Å². The fourth-order valence-corrected chi connectivity index (χ4v) is 3.88. The lowest BCUT2D eigenvalue weighted by Gasteiger charge is -2.17. The summed E-state index contributed by atoms with van der Waals surface area (Å²) in [6, 6.07) is 12.2. The molecule has 0 unspecified atom stereocenters. The number of nitrogens with one attached hydrogen (secondary N) is 2. The number of carbonyl (C=O) groups excluding carboxylic acids is 2. The van der Waals surface area contributed by atoms with Crippen LogP contribution in [0.25, 0.3) is 0 Å². The highest BCUT2D eigenvalue weighted by molar-refractivity contribution is 5.92. The quantitative estimate of drug-likeness (QED) is 0.210. The van der Waals surface area contributed by atoms with E-state index < -0.39 is 0 Å². The molecule has 9 heteroatoms. The number of hydrogen-bond acceptors (Lipinski definition) is 8. The number of likely N-dealkylation sites (tertiary alicyclic amines) is 1. The van der Waals surface area contributed by atoms with Gasteiger partial charge in [-0.3, -0.25) is 20.3 Å². The van der Waals surface area contributed by atoms with E-state index in [4.69, 9.17) is 14.7 Å². The lowest BCUT2D eigenvalue weighted by atomic mass is 10.1. The standard InChI is InChI=1S/C26H35N3O6/c1-33-26(31)6-4-16-35-24-19-22(27-25(30)18-20-7-9-21(28-32)10-8-20)11-12-23(24)34-17-5-15-29-13-2-3-14-29/h7-12,19,28,32H,2-6,13-18H2,1H3,(H,27,30). The highest BCUT2D eigenvalue weighted by Gasteiger charge is 2.13. The van der Waals surface area contributed by atoms with Gasteiger partial charge in [0.25, 0.3) is 0 Å². The minimum Gasteiger partial charge on any atom is -0.490 e. The van der Waals surface area contributed by atoms with Crippen LogP contribution in [-0.2, 0) is 20.7 Å². The third kappa shape index (κ3) is 9.11. The molecule has 0 atom stereocenters. The molecule has 2 aromatic carbocycles. The van der Waals surface area contributed by atoms with Crippen molar-refractivity contribution in [1.82, 2.24) is 4.90 Å². The maximum absolute atomic E-state index is 12.5. The Morgan fingerprint density at radius 1 is 0.943 bits per heavy atom. The minimum absolute atomic E-state index is 0.175. The molecule has 1 fully saturated rings. The predicted octanol–water partition coefficient (Wildman–Crippen LogP) is 3.87. The smallest absolute Gasteiger partial charge is 0.305 e. The summed E-state index contributed by atoms with van der Waals surface area (Å²) in [4.78, 5) is 26.3. The van der Waals surface area contributed by atoms with E-state index in [1.165, 1.54) is 20.0 Å². The summed E-state index contributed by atoms with van der Waals surface area (Å²) in [5.41, 5.74) is 4.03. The van der Waals surface area contributed by atoms with Gasteiger partial charge in [-0.05, 0) is 68.6 Å². The average molecular weight is 486 g/mol. The van der Waals surface area contributed by atoms with Gasteiger partial charge in [-0.15, -0.1) is 0 Å². The lowest BCUT2D eigenvalue weighted by Crippen LogP contribution is -2.22. The Morgan fingerprint density at radius 3 is 2.34 bits per heavy atom. The first kappa shape index (κ1) is 26.3. The zero-order valence-electron chi connectivity index (χ0n) is 20.3. The highest BCUT2D eigenvalue weighted by atomic mass is 16.5. The third-order valence-electron chi connectivity index (χ3n) is 5.76. The minimum atomic E-state index is -0.282. The van der Waals surface area contributed by atoms with Crippen molar-refractivity contribution in [3.63, 3.8) is 0 Å². The van der Waals surface area contributed by atoms with Gasteiger partial charge in [-0.25, -0.2) is 0 Å². The van der Waals surface area contributed by atoms with E-state index in [-0.39, 0.29) is 24.7 Å². The number of nitrogens with zero attached hydrogens (tertiary/aromatic N) is 1. The molecule has 1 amide bonds. The first-order valence-electron chi connectivity index (χ1n) is 12.0. The zero-order chi connectivity index (χ0) is 24.9. The summed E-state index contributed by atoms with van der Waals surface area (Å²) >= 11 is 0. The molecule has 1 saturated heterocycles. The maximum atomic E-state index is 12.5. The van der Waals surface area contributed by atoms with Gasteiger partial charge in [0.05, 0.1) is 32.4 Å². The van der Waals surface area contributed by atoms with E-state index in [0.717, 1.165) is 31.6 Å². The number of carbonyl (C=O) groups is 2. The van der Waals surface area contributed by atoms with Crippen LogP contribution in [0.4, 0.5) is 11.4 Å². The van der Waals surface area contributed by atoms with Crippen LogP contribution in [0, 0.1) is 0 Å². The molecule has 0 aromatic heterocycles. The number of benzene rings is 2. The SMILES string of the molecule is COC(=O)CCCOc1cc(NC(=O)Cc2ccc(NO)cc2)ccc1OCCCN1CCCC1. The summed E-state index contributed by atoms with van der Waals surface area (Å²) < 4.78 is 16.6. The number of rotatable bonds is 14. The Hall–Kier alpha value is -3.30. The third-order valence-corrected chi connectivity index (χ3v) is 5.76. The van der Waals surface area contributed by atoms with E-state index in [2.05, 4.69) is 20.4 Å².